The Morgan fingerprint density at radius 2 is 1.81 bits per heavy atom. The molecule has 0 aliphatic heterocycles. The first-order chi connectivity index (χ1) is 13.1. The molecule has 2 heterocycles. The highest BCUT2D eigenvalue weighted by Crippen LogP contribution is 2.23. The van der Waals surface area contributed by atoms with Crippen LogP contribution in [-0.2, 0) is 6.54 Å². The van der Waals surface area contributed by atoms with E-state index in [1.165, 1.54) is 0 Å². The Kier molecular flexibility index (Phi) is 4.45. The molecule has 0 saturated carbocycles. The third-order valence-corrected chi connectivity index (χ3v) is 4.03. The molecular weight excluding hydrogens is 352 g/mol. The van der Waals surface area contributed by atoms with Gasteiger partial charge in [0, 0.05) is 11.1 Å². The van der Waals surface area contributed by atoms with Crippen LogP contribution in [0.5, 0.6) is 0 Å². The van der Waals surface area contributed by atoms with E-state index < -0.39 is 12.3 Å². The zero-order valence-electron chi connectivity index (χ0n) is 14.4. The molecule has 6 nitrogen and oxygen atoms in total. The fourth-order valence-corrected chi connectivity index (χ4v) is 2.69. The Hall–Kier alpha value is -3.42. The molecule has 0 radical (unpaired) electrons. The second-order valence-electron chi connectivity index (χ2n) is 6.11. The lowest BCUT2D eigenvalue weighted by atomic mass is 10.1. The quantitative estimate of drug-likeness (QED) is 0.526. The van der Waals surface area contributed by atoms with Gasteiger partial charge in [-0.15, -0.1) is 15.3 Å². The molecule has 4 rings (SSSR count). The number of aromatic nitrogens is 5. The molecule has 0 saturated heterocycles. The first-order valence-electron chi connectivity index (χ1n) is 8.26. The number of halogens is 2. The molecule has 2 aromatic heterocycles. The zero-order chi connectivity index (χ0) is 18.8. The average Bonchev–Trinajstić information content (AvgIpc) is 3.32. The van der Waals surface area contributed by atoms with Crippen LogP contribution in [0, 0.1) is 6.92 Å². The normalized spacial score (nSPS) is 11.3. The SMILES string of the molecule is Cc1cccc(-c2cn(Cc3ccc(-c4nnc(C(F)F)o4)cc3)nn2)c1. The van der Waals surface area contributed by atoms with E-state index in [-0.39, 0.29) is 5.89 Å². The van der Waals surface area contributed by atoms with Crippen molar-refractivity contribution in [3.63, 3.8) is 0 Å². The van der Waals surface area contributed by atoms with Crippen LogP contribution in [0.3, 0.4) is 0 Å². The van der Waals surface area contributed by atoms with Gasteiger partial charge in [-0.2, -0.15) is 8.78 Å². The van der Waals surface area contributed by atoms with Crippen LogP contribution >= 0.6 is 0 Å². The van der Waals surface area contributed by atoms with Crippen molar-refractivity contribution >= 4 is 0 Å². The summed E-state index contributed by atoms with van der Waals surface area (Å²) < 4.78 is 31.8. The smallest absolute Gasteiger partial charge is 0.314 e. The van der Waals surface area contributed by atoms with Gasteiger partial charge in [0.25, 0.3) is 5.89 Å². The van der Waals surface area contributed by atoms with E-state index in [2.05, 4.69) is 26.6 Å². The highest BCUT2D eigenvalue weighted by atomic mass is 19.3. The summed E-state index contributed by atoms with van der Waals surface area (Å²) >= 11 is 0. The standard InChI is InChI=1S/C19H15F2N5O/c1-12-3-2-4-15(9-12)16-11-26(25-22-16)10-13-5-7-14(8-6-13)18-23-24-19(27-18)17(20)21/h2-9,11,17H,10H2,1H3. The van der Waals surface area contributed by atoms with Crippen molar-refractivity contribution in [3.8, 4) is 22.7 Å². The number of nitrogens with zero attached hydrogens (tertiary/aromatic N) is 5. The Morgan fingerprint density at radius 3 is 2.52 bits per heavy atom. The van der Waals surface area contributed by atoms with Gasteiger partial charge in [0.1, 0.15) is 5.69 Å². The fourth-order valence-electron chi connectivity index (χ4n) is 2.69. The summed E-state index contributed by atoms with van der Waals surface area (Å²) in [6, 6.07) is 15.3. The topological polar surface area (TPSA) is 69.6 Å². The Bertz CT molecular complexity index is 1060. The monoisotopic (exact) mass is 367 g/mol. The summed E-state index contributed by atoms with van der Waals surface area (Å²) in [7, 11) is 0. The lowest BCUT2D eigenvalue weighted by Gasteiger charge is -2.02. The number of alkyl halides is 2. The molecule has 2 aromatic carbocycles. The van der Waals surface area contributed by atoms with Crippen LogP contribution in [0.4, 0.5) is 8.78 Å². The van der Waals surface area contributed by atoms with E-state index >= 15 is 0 Å². The van der Waals surface area contributed by atoms with Gasteiger partial charge in [0.15, 0.2) is 0 Å². The van der Waals surface area contributed by atoms with Gasteiger partial charge in [0.2, 0.25) is 5.89 Å². The largest absolute Gasteiger partial charge is 0.415 e. The van der Waals surface area contributed by atoms with Gasteiger partial charge in [-0.25, -0.2) is 4.68 Å². The van der Waals surface area contributed by atoms with Crippen molar-refractivity contribution in [2.75, 3.05) is 0 Å². The Morgan fingerprint density at radius 1 is 1.00 bits per heavy atom. The van der Waals surface area contributed by atoms with Crippen molar-refractivity contribution in [1.29, 1.82) is 0 Å². The molecule has 0 aliphatic carbocycles. The maximum absolute atomic E-state index is 12.5. The second-order valence-corrected chi connectivity index (χ2v) is 6.11. The minimum atomic E-state index is -2.78. The maximum Gasteiger partial charge on any atom is 0.314 e. The highest BCUT2D eigenvalue weighted by molar-refractivity contribution is 5.58. The third-order valence-electron chi connectivity index (χ3n) is 4.03. The number of hydrogen-bond donors (Lipinski definition) is 0. The van der Waals surface area contributed by atoms with Crippen molar-refractivity contribution in [2.45, 2.75) is 19.9 Å². The van der Waals surface area contributed by atoms with Crippen LogP contribution in [0.15, 0.2) is 59.1 Å². The van der Waals surface area contributed by atoms with Crippen molar-refractivity contribution in [1.82, 2.24) is 25.2 Å². The van der Waals surface area contributed by atoms with Crippen LogP contribution in [0.25, 0.3) is 22.7 Å². The minimum Gasteiger partial charge on any atom is -0.415 e. The summed E-state index contributed by atoms with van der Waals surface area (Å²) in [5, 5.41) is 15.4. The van der Waals surface area contributed by atoms with Crippen LogP contribution in [-0.4, -0.2) is 25.2 Å². The van der Waals surface area contributed by atoms with E-state index in [1.807, 2.05) is 43.5 Å². The molecule has 8 heteroatoms. The van der Waals surface area contributed by atoms with E-state index in [0.717, 1.165) is 22.4 Å². The summed E-state index contributed by atoms with van der Waals surface area (Å²) in [6.45, 7) is 2.56. The van der Waals surface area contributed by atoms with Crippen LogP contribution < -0.4 is 0 Å². The van der Waals surface area contributed by atoms with Gasteiger partial charge in [0.05, 0.1) is 12.7 Å². The van der Waals surface area contributed by atoms with Gasteiger partial charge in [-0.3, -0.25) is 0 Å². The minimum absolute atomic E-state index is 0.0688. The summed E-state index contributed by atoms with van der Waals surface area (Å²) in [4.78, 5) is 0. The molecule has 136 valence electrons. The first-order valence-corrected chi connectivity index (χ1v) is 8.26. The van der Waals surface area contributed by atoms with E-state index in [4.69, 9.17) is 4.42 Å². The molecular formula is C19H15F2N5O. The van der Waals surface area contributed by atoms with Gasteiger partial charge in [-0.05, 0) is 30.7 Å². The molecule has 0 aliphatic rings. The van der Waals surface area contributed by atoms with Crippen LogP contribution in [0.1, 0.15) is 23.4 Å². The number of hydrogen-bond acceptors (Lipinski definition) is 5. The maximum atomic E-state index is 12.5. The van der Waals surface area contributed by atoms with Crippen molar-refractivity contribution in [3.05, 3.63) is 71.7 Å². The lowest BCUT2D eigenvalue weighted by Crippen LogP contribution is -2.00. The lowest BCUT2D eigenvalue weighted by molar-refractivity contribution is 0.116. The molecule has 0 amide bonds. The Labute approximate surface area is 153 Å². The molecule has 27 heavy (non-hydrogen) atoms. The molecule has 0 unspecified atom stereocenters. The third kappa shape index (κ3) is 3.74. The second kappa shape index (κ2) is 7.06. The first kappa shape index (κ1) is 17.0. The number of benzene rings is 2. The summed E-state index contributed by atoms with van der Waals surface area (Å²) in [5.74, 6) is -0.611. The summed E-state index contributed by atoms with van der Waals surface area (Å²) in [6.07, 6.45) is -0.893. The Balaban J connectivity index is 1.49. The van der Waals surface area contributed by atoms with E-state index in [0.29, 0.717) is 12.1 Å². The van der Waals surface area contributed by atoms with Gasteiger partial charge in [-0.1, -0.05) is 41.1 Å². The van der Waals surface area contributed by atoms with E-state index in [1.54, 1.807) is 16.8 Å². The predicted molar refractivity (Wildman–Crippen MR) is 94.0 cm³/mol. The molecule has 4 aromatic rings. The molecule has 0 N–H and O–H groups in total. The van der Waals surface area contributed by atoms with Crippen LogP contribution in [0.2, 0.25) is 0 Å². The number of rotatable bonds is 5. The fraction of sp³-hybridized carbons (Fsp3) is 0.158. The predicted octanol–water partition coefficient (Wildman–Crippen LogP) is 4.29. The molecule has 0 spiro atoms. The molecule has 0 atom stereocenters. The number of aryl methyl sites for hydroxylation is 1. The van der Waals surface area contributed by atoms with Gasteiger partial charge < -0.3 is 4.42 Å². The van der Waals surface area contributed by atoms with E-state index in [9.17, 15) is 8.78 Å². The molecule has 0 bridgehead atoms. The molecule has 0 fully saturated rings. The zero-order valence-corrected chi connectivity index (χ0v) is 14.4. The van der Waals surface area contributed by atoms with Crippen molar-refractivity contribution < 1.29 is 13.2 Å². The van der Waals surface area contributed by atoms with Gasteiger partial charge >= 0.3 is 6.43 Å². The summed E-state index contributed by atoms with van der Waals surface area (Å²) in [5.41, 5.74) is 4.54. The average molecular weight is 367 g/mol. The highest BCUT2D eigenvalue weighted by Gasteiger charge is 2.16. The van der Waals surface area contributed by atoms with Crippen molar-refractivity contribution in [2.24, 2.45) is 0 Å².